The van der Waals surface area contributed by atoms with Crippen LogP contribution in [0.4, 0.5) is 0 Å². The minimum absolute atomic E-state index is 0.0450. The molecule has 0 saturated carbocycles. The molecule has 1 aliphatic heterocycles. The second-order valence-corrected chi connectivity index (χ2v) is 6.55. The summed E-state index contributed by atoms with van der Waals surface area (Å²) >= 11 is 0. The topological polar surface area (TPSA) is 85.2 Å². The third kappa shape index (κ3) is 4.08. The Labute approximate surface area is 163 Å². The highest BCUT2D eigenvalue weighted by Gasteiger charge is 2.24. The van der Waals surface area contributed by atoms with Gasteiger partial charge in [0.2, 0.25) is 0 Å². The summed E-state index contributed by atoms with van der Waals surface area (Å²) < 4.78 is 7.21. The van der Waals surface area contributed by atoms with Crippen LogP contribution in [0.2, 0.25) is 0 Å². The molecule has 3 heterocycles. The van der Waals surface area contributed by atoms with E-state index in [2.05, 4.69) is 25.4 Å². The number of benzene rings is 1. The van der Waals surface area contributed by atoms with E-state index in [1.165, 1.54) is 0 Å². The van der Waals surface area contributed by atoms with E-state index in [1.807, 2.05) is 36.5 Å². The summed E-state index contributed by atoms with van der Waals surface area (Å²) in [7, 11) is 0. The molecule has 8 nitrogen and oxygen atoms in total. The zero-order chi connectivity index (χ0) is 19.2. The summed E-state index contributed by atoms with van der Waals surface area (Å²) in [6.45, 7) is 3.53. The molecular weight excluding hydrogens is 356 g/mol. The molecule has 144 valence electrons. The summed E-state index contributed by atoms with van der Waals surface area (Å²) in [5.41, 5.74) is 2.40. The fourth-order valence-electron chi connectivity index (χ4n) is 3.42. The number of hydrogen-bond donors (Lipinski definition) is 1. The Morgan fingerprint density at radius 2 is 1.89 bits per heavy atom. The van der Waals surface area contributed by atoms with Crippen LogP contribution in [0.25, 0.3) is 5.69 Å². The molecule has 0 aliphatic carbocycles. The van der Waals surface area contributed by atoms with Crippen molar-refractivity contribution in [1.29, 1.82) is 0 Å². The lowest BCUT2D eigenvalue weighted by Crippen LogP contribution is -2.44. The van der Waals surface area contributed by atoms with Gasteiger partial charge in [0.1, 0.15) is 12.7 Å². The van der Waals surface area contributed by atoms with Crippen molar-refractivity contribution in [1.82, 2.24) is 30.0 Å². The first-order chi connectivity index (χ1) is 13.8. The molecular formula is C20H22N6O2. The normalized spacial score (nSPS) is 15.9. The highest BCUT2D eigenvalue weighted by atomic mass is 16.5. The number of ether oxygens (including phenoxy) is 1. The summed E-state index contributed by atoms with van der Waals surface area (Å²) in [5, 5.41) is 10.8. The van der Waals surface area contributed by atoms with E-state index in [-0.39, 0.29) is 11.9 Å². The average molecular weight is 378 g/mol. The number of carbonyl (C=O) groups is 1. The van der Waals surface area contributed by atoms with Gasteiger partial charge in [0.15, 0.2) is 0 Å². The smallest absolute Gasteiger partial charge is 0.253 e. The first kappa shape index (κ1) is 18.3. The minimum Gasteiger partial charge on any atom is -0.379 e. The van der Waals surface area contributed by atoms with Gasteiger partial charge >= 0.3 is 0 Å². The Balaban J connectivity index is 1.52. The van der Waals surface area contributed by atoms with Crippen LogP contribution in [0.15, 0.2) is 61.4 Å². The average Bonchev–Trinajstić information content (AvgIpc) is 3.30. The van der Waals surface area contributed by atoms with Crippen LogP contribution in [-0.2, 0) is 4.74 Å². The van der Waals surface area contributed by atoms with Crippen molar-refractivity contribution in [3.63, 3.8) is 0 Å². The molecule has 0 bridgehead atoms. The van der Waals surface area contributed by atoms with Crippen LogP contribution < -0.4 is 5.32 Å². The van der Waals surface area contributed by atoms with Crippen molar-refractivity contribution in [3.05, 3.63) is 72.6 Å². The Morgan fingerprint density at radius 3 is 2.64 bits per heavy atom. The van der Waals surface area contributed by atoms with Gasteiger partial charge in [-0.1, -0.05) is 18.2 Å². The number of amides is 1. The second kappa shape index (κ2) is 8.73. The summed E-state index contributed by atoms with van der Waals surface area (Å²) in [4.78, 5) is 19.5. The van der Waals surface area contributed by atoms with Gasteiger partial charge in [0.05, 0.1) is 30.5 Å². The lowest BCUT2D eigenvalue weighted by molar-refractivity contribution is 0.0161. The molecule has 3 aromatic rings. The molecule has 0 radical (unpaired) electrons. The molecule has 1 aliphatic rings. The molecule has 1 N–H and O–H groups in total. The van der Waals surface area contributed by atoms with Crippen LogP contribution in [0.3, 0.4) is 0 Å². The number of carbonyl (C=O) groups excluding carboxylic acids is 1. The van der Waals surface area contributed by atoms with Gasteiger partial charge in [-0.2, -0.15) is 0 Å². The Bertz CT molecular complexity index is 894. The Morgan fingerprint density at radius 1 is 1.11 bits per heavy atom. The number of para-hydroxylation sites is 1. The van der Waals surface area contributed by atoms with Gasteiger partial charge < -0.3 is 10.1 Å². The van der Waals surface area contributed by atoms with Crippen molar-refractivity contribution in [2.75, 3.05) is 32.8 Å². The fraction of sp³-hybridized carbons (Fsp3) is 0.300. The lowest BCUT2D eigenvalue weighted by Gasteiger charge is -2.34. The second-order valence-electron chi connectivity index (χ2n) is 6.55. The summed E-state index contributed by atoms with van der Waals surface area (Å²) in [5.74, 6) is -0.133. The number of pyridine rings is 1. The molecule has 28 heavy (non-hydrogen) atoms. The first-order valence-corrected chi connectivity index (χ1v) is 9.27. The van der Waals surface area contributed by atoms with E-state index in [9.17, 15) is 4.79 Å². The molecule has 1 amide bonds. The number of rotatable bonds is 6. The third-order valence-corrected chi connectivity index (χ3v) is 4.86. The van der Waals surface area contributed by atoms with Crippen molar-refractivity contribution < 1.29 is 9.53 Å². The SMILES string of the molecule is O=C(NC[C@H](c1cccnc1)N1CCOCC1)c1ccccc1-n1cnnc1. The number of nitrogens with zero attached hydrogens (tertiary/aromatic N) is 5. The number of aromatic nitrogens is 4. The largest absolute Gasteiger partial charge is 0.379 e. The van der Waals surface area contributed by atoms with E-state index in [1.54, 1.807) is 29.5 Å². The highest BCUT2D eigenvalue weighted by Crippen LogP contribution is 2.21. The van der Waals surface area contributed by atoms with E-state index in [0.717, 1.165) is 24.3 Å². The zero-order valence-electron chi connectivity index (χ0n) is 15.4. The van der Waals surface area contributed by atoms with Crippen molar-refractivity contribution in [2.24, 2.45) is 0 Å². The zero-order valence-corrected chi connectivity index (χ0v) is 15.4. The van der Waals surface area contributed by atoms with Crippen LogP contribution in [-0.4, -0.2) is 63.4 Å². The van der Waals surface area contributed by atoms with Gasteiger partial charge in [0.25, 0.3) is 5.91 Å². The van der Waals surface area contributed by atoms with Crippen LogP contribution in [0.1, 0.15) is 22.0 Å². The Kier molecular flexibility index (Phi) is 5.69. The maximum absolute atomic E-state index is 13.0. The summed E-state index contributed by atoms with van der Waals surface area (Å²) in [6.07, 6.45) is 6.78. The number of hydrogen-bond acceptors (Lipinski definition) is 6. The molecule has 1 saturated heterocycles. The van der Waals surface area contributed by atoms with Crippen molar-refractivity contribution >= 4 is 5.91 Å². The lowest BCUT2D eigenvalue weighted by atomic mass is 10.1. The van der Waals surface area contributed by atoms with E-state index in [4.69, 9.17) is 4.74 Å². The molecule has 1 atom stereocenters. The van der Waals surface area contributed by atoms with Gasteiger partial charge in [-0.25, -0.2) is 0 Å². The molecule has 2 aromatic heterocycles. The third-order valence-electron chi connectivity index (χ3n) is 4.86. The number of nitrogens with one attached hydrogen (secondary N) is 1. The molecule has 1 aromatic carbocycles. The van der Waals surface area contributed by atoms with Crippen molar-refractivity contribution in [3.8, 4) is 5.69 Å². The summed E-state index contributed by atoms with van der Waals surface area (Å²) in [6, 6.07) is 11.4. The predicted octanol–water partition coefficient (Wildman–Crippen LogP) is 1.47. The van der Waals surface area contributed by atoms with Gasteiger partial charge in [0, 0.05) is 32.0 Å². The molecule has 0 spiro atoms. The minimum atomic E-state index is -0.133. The predicted molar refractivity (Wildman–Crippen MR) is 103 cm³/mol. The molecule has 8 heteroatoms. The van der Waals surface area contributed by atoms with Gasteiger partial charge in [-0.3, -0.25) is 19.2 Å². The quantitative estimate of drug-likeness (QED) is 0.699. The maximum Gasteiger partial charge on any atom is 0.253 e. The number of morpholine rings is 1. The van der Waals surface area contributed by atoms with Gasteiger partial charge in [-0.05, 0) is 23.8 Å². The highest BCUT2D eigenvalue weighted by molar-refractivity contribution is 5.97. The van der Waals surface area contributed by atoms with Crippen LogP contribution in [0.5, 0.6) is 0 Å². The van der Waals surface area contributed by atoms with Crippen LogP contribution >= 0.6 is 0 Å². The monoisotopic (exact) mass is 378 g/mol. The van der Waals surface area contributed by atoms with E-state index >= 15 is 0 Å². The van der Waals surface area contributed by atoms with Gasteiger partial charge in [-0.15, -0.1) is 10.2 Å². The van der Waals surface area contributed by atoms with E-state index in [0.29, 0.717) is 25.3 Å². The molecule has 4 rings (SSSR count). The maximum atomic E-state index is 13.0. The standard InChI is InChI=1S/C20H22N6O2/c27-20(17-5-1-2-6-18(17)26-14-23-24-15-26)22-13-19(16-4-3-7-21-12-16)25-8-10-28-11-9-25/h1-7,12,14-15,19H,8-11,13H2,(H,22,27)/t19-/m1/s1. The molecule has 1 fully saturated rings. The van der Waals surface area contributed by atoms with E-state index < -0.39 is 0 Å². The fourth-order valence-corrected chi connectivity index (χ4v) is 3.42. The first-order valence-electron chi connectivity index (χ1n) is 9.27. The van der Waals surface area contributed by atoms with Crippen molar-refractivity contribution in [2.45, 2.75) is 6.04 Å². The molecule has 0 unspecified atom stereocenters. The van der Waals surface area contributed by atoms with Crippen LogP contribution in [0, 0.1) is 0 Å². The Hall–Kier alpha value is -3.10.